The van der Waals surface area contributed by atoms with Crippen molar-refractivity contribution in [1.29, 1.82) is 0 Å². The van der Waals surface area contributed by atoms with E-state index < -0.39 is 5.82 Å². The molecule has 0 unspecified atom stereocenters. The molecule has 1 aliphatic rings. The van der Waals surface area contributed by atoms with Crippen LogP contribution in [-0.4, -0.2) is 31.2 Å². The Balaban J connectivity index is 1.88. The van der Waals surface area contributed by atoms with Gasteiger partial charge in [-0.1, -0.05) is 0 Å². The highest BCUT2D eigenvalue weighted by atomic mass is 19.1. The number of pyridine rings is 1. The Hall–Kier alpha value is -2.63. The van der Waals surface area contributed by atoms with Gasteiger partial charge in [0.05, 0.1) is 20.1 Å². The van der Waals surface area contributed by atoms with E-state index in [0.717, 1.165) is 5.56 Å². The van der Waals surface area contributed by atoms with Gasteiger partial charge in [0, 0.05) is 11.8 Å². The molecule has 5 nitrogen and oxygen atoms in total. The van der Waals surface area contributed by atoms with Crippen molar-refractivity contribution in [2.75, 3.05) is 25.2 Å². The van der Waals surface area contributed by atoms with Crippen LogP contribution in [-0.2, 0) is 11.2 Å². The van der Waals surface area contributed by atoms with Crippen LogP contribution in [0.15, 0.2) is 30.5 Å². The largest absolute Gasteiger partial charge is 0.496 e. The number of carbonyl (C=O) groups is 1. The molecule has 23 heavy (non-hydrogen) atoms. The van der Waals surface area contributed by atoms with E-state index >= 15 is 0 Å². The molecule has 120 valence electrons. The second kappa shape index (κ2) is 6.24. The van der Waals surface area contributed by atoms with Gasteiger partial charge in [0.2, 0.25) is 11.8 Å². The molecular formula is C17H17FN2O3. The zero-order valence-electron chi connectivity index (χ0n) is 13.0. The van der Waals surface area contributed by atoms with Crippen molar-refractivity contribution in [2.45, 2.75) is 13.3 Å². The van der Waals surface area contributed by atoms with Crippen LogP contribution in [0.1, 0.15) is 11.1 Å². The van der Waals surface area contributed by atoms with E-state index in [1.54, 1.807) is 11.1 Å². The van der Waals surface area contributed by atoms with Gasteiger partial charge in [-0.3, -0.25) is 4.79 Å². The van der Waals surface area contributed by atoms with E-state index in [2.05, 4.69) is 4.98 Å². The lowest BCUT2D eigenvalue weighted by atomic mass is 10.1. The van der Waals surface area contributed by atoms with Crippen molar-refractivity contribution >= 4 is 11.6 Å². The van der Waals surface area contributed by atoms with Crippen LogP contribution in [0.5, 0.6) is 11.6 Å². The molecule has 0 saturated heterocycles. The van der Waals surface area contributed by atoms with Crippen LogP contribution in [0.3, 0.4) is 0 Å². The van der Waals surface area contributed by atoms with Crippen molar-refractivity contribution in [1.82, 2.24) is 4.98 Å². The van der Waals surface area contributed by atoms with E-state index in [-0.39, 0.29) is 12.3 Å². The van der Waals surface area contributed by atoms with E-state index in [0.29, 0.717) is 36.0 Å². The second-order valence-corrected chi connectivity index (χ2v) is 5.36. The Bertz CT molecular complexity index is 749. The summed E-state index contributed by atoms with van der Waals surface area (Å²) in [4.78, 5) is 18.5. The van der Waals surface area contributed by atoms with Gasteiger partial charge in [0.15, 0.2) is 0 Å². The van der Waals surface area contributed by atoms with Crippen molar-refractivity contribution < 1.29 is 18.7 Å². The third-order valence-corrected chi connectivity index (χ3v) is 3.70. The Labute approximate surface area is 133 Å². The number of fused-ring (bicyclic) bond motifs is 1. The summed E-state index contributed by atoms with van der Waals surface area (Å²) in [6.07, 6.45) is 1.75. The summed E-state index contributed by atoms with van der Waals surface area (Å²) in [7, 11) is 1.50. The molecule has 2 aromatic rings. The molecule has 0 spiro atoms. The van der Waals surface area contributed by atoms with Crippen molar-refractivity contribution in [3.63, 3.8) is 0 Å². The number of carbonyl (C=O) groups excluding carboxylic acids is 1. The Morgan fingerprint density at radius 1 is 1.43 bits per heavy atom. The third-order valence-electron chi connectivity index (χ3n) is 3.70. The maximum absolute atomic E-state index is 13.5. The summed E-state index contributed by atoms with van der Waals surface area (Å²) >= 11 is 0. The van der Waals surface area contributed by atoms with Crippen molar-refractivity contribution in [2.24, 2.45) is 0 Å². The van der Waals surface area contributed by atoms with Crippen molar-refractivity contribution in [3.8, 4) is 11.6 Å². The molecule has 6 heteroatoms. The topological polar surface area (TPSA) is 51.7 Å². The monoisotopic (exact) mass is 316 g/mol. The summed E-state index contributed by atoms with van der Waals surface area (Å²) in [5, 5.41) is 0. The van der Waals surface area contributed by atoms with Gasteiger partial charge < -0.3 is 14.4 Å². The molecule has 0 N–H and O–H groups in total. The van der Waals surface area contributed by atoms with Gasteiger partial charge in [-0.05, 0) is 36.8 Å². The number of halogens is 1. The minimum atomic E-state index is -0.395. The lowest BCUT2D eigenvalue weighted by Gasteiger charge is -2.29. The van der Waals surface area contributed by atoms with Crippen LogP contribution in [0.25, 0.3) is 0 Å². The highest BCUT2D eigenvalue weighted by Gasteiger charge is 2.25. The molecule has 0 radical (unpaired) electrons. The molecule has 0 atom stereocenters. The van der Waals surface area contributed by atoms with Gasteiger partial charge in [0.1, 0.15) is 23.9 Å². The maximum Gasteiger partial charge on any atom is 0.238 e. The molecule has 0 saturated carbocycles. The van der Waals surface area contributed by atoms with Gasteiger partial charge in [0.25, 0.3) is 0 Å². The Morgan fingerprint density at radius 2 is 2.26 bits per heavy atom. The average molecular weight is 316 g/mol. The zero-order chi connectivity index (χ0) is 16.4. The fourth-order valence-corrected chi connectivity index (χ4v) is 2.60. The van der Waals surface area contributed by atoms with E-state index in [1.165, 1.54) is 25.3 Å². The van der Waals surface area contributed by atoms with Gasteiger partial charge in [-0.15, -0.1) is 0 Å². The summed E-state index contributed by atoms with van der Waals surface area (Å²) in [6.45, 7) is 2.73. The van der Waals surface area contributed by atoms with E-state index in [4.69, 9.17) is 9.47 Å². The predicted molar refractivity (Wildman–Crippen MR) is 83.5 cm³/mol. The number of ether oxygens (including phenoxy) is 2. The first-order chi connectivity index (χ1) is 11.1. The molecule has 1 aliphatic heterocycles. The first-order valence-corrected chi connectivity index (χ1v) is 7.30. The summed E-state index contributed by atoms with van der Waals surface area (Å²) < 4.78 is 24.1. The van der Waals surface area contributed by atoms with Crippen LogP contribution in [0.2, 0.25) is 0 Å². The standard InChI is InChI=1S/C17H17FN2O3/c1-11-7-14-17(19-10-11)23-6-5-20(14)16(21)9-12-8-13(18)3-4-15(12)22-2/h3-4,7-8,10H,5-6,9H2,1-2H3. The minimum Gasteiger partial charge on any atom is -0.496 e. The fraction of sp³-hybridized carbons (Fsp3) is 0.294. The minimum absolute atomic E-state index is 0.0499. The molecule has 0 aliphatic carbocycles. The Morgan fingerprint density at radius 3 is 3.04 bits per heavy atom. The molecular weight excluding hydrogens is 299 g/mol. The molecule has 3 rings (SSSR count). The van der Waals surface area contributed by atoms with Crippen LogP contribution in [0.4, 0.5) is 10.1 Å². The van der Waals surface area contributed by atoms with E-state index in [9.17, 15) is 9.18 Å². The van der Waals surface area contributed by atoms with Gasteiger partial charge >= 0.3 is 0 Å². The number of amides is 1. The number of rotatable bonds is 3. The van der Waals surface area contributed by atoms with Gasteiger partial charge in [-0.2, -0.15) is 0 Å². The average Bonchev–Trinajstić information content (AvgIpc) is 2.54. The van der Waals surface area contributed by atoms with Crippen LogP contribution < -0.4 is 14.4 Å². The molecule has 0 fully saturated rings. The van der Waals surface area contributed by atoms with Crippen molar-refractivity contribution in [3.05, 3.63) is 47.4 Å². The highest BCUT2D eigenvalue weighted by Crippen LogP contribution is 2.31. The second-order valence-electron chi connectivity index (χ2n) is 5.36. The normalized spacial score (nSPS) is 13.3. The molecule has 0 bridgehead atoms. The first-order valence-electron chi connectivity index (χ1n) is 7.30. The number of methoxy groups -OCH3 is 1. The number of hydrogen-bond acceptors (Lipinski definition) is 4. The number of nitrogens with zero attached hydrogens (tertiary/aromatic N) is 2. The number of aromatic nitrogens is 1. The summed E-state index contributed by atoms with van der Waals surface area (Å²) in [6, 6.07) is 6.02. The smallest absolute Gasteiger partial charge is 0.238 e. The molecule has 1 amide bonds. The number of aryl methyl sites for hydroxylation is 1. The third kappa shape index (κ3) is 3.11. The van der Waals surface area contributed by atoms with E-state index in [1.807, 2.05) is 13.0 Å². The fourth-order valence-electron chi connectivity index (χ4n) is 2.60. The Kier molecular flexibility index (Phi) is 4.14. The summed E-state index contributed by atoms with van der Waals surface area (Å²) in [5.74, 6) is 0.399. The highest BCUT2D eigenvalue weighted by molar-refractivity contribution is 5.96. The number of benzene rings is 1. The zero-order valence-corrected chi connectivity index (χ0v) is 13.0. The SMILES string of the molecule is COc1ccc(F)cc1CC(=O)N1CCOc2ncc(C)cc21. The number of hydrogen-bond donors (Lipinski definition) is 0. The summed E-state index contributed by atoms with van der Waals surface area (Å²) in [5.41, 5.74) is 2.11. The maximum atomic E-state index is 13.5. The van der Waals surface area contributed by atoms with Crippen LogP contribution >= 0.6 is 0 Å². The lowest BCUT2D eigenvalue weighted by Crippen LogP contribution is -2.39. The van der Waals surface area contributed by atoms with Gasteiger partial charge in [-0.25, -0.2) is 9.37 Å². The number of anilines is 1. The first kappa shape index (κ1) is 15.3. The predicted octanol–water partition coefficient (Wildman–Crippen LogP) is 2.51. The molecule has 1 aromatic heterocycles. The lowest BCUT2D eigenvalue weighted by molar-refractivity contribution is -0.118. The molecule has 2 heterocycles. The molecule has 1 aromatic carbocycles. The quantitative estimate of drug-likeness (QED) is 0.873. The van der Waals surface area contributed by atoms with Crippen LogP contribution in [0, 0.1) is 12.7 Å².